The van der Waals surface area contributed by atoms with Gasteiger partial charge in [0.25, 0.3) is 5.91 Å². The van der Waals surface area contributed by atoms with Crippen molar-refractivity contribution in [1.29, 1.82) is 0 Å². The molecule has 3 N–H and O–H groups in total. The molecule has 1 aromatic heterocycles. The van der Waals surface area contributed by atoms with Crippen LogP contribution in [0.15, 0.2) is 54.9 Å². The van der Waals surface area contributed by atoms with Crippen molar-refractivity contribution in [2.45, 2.75) is 38.8 Å². The van der Waals surface area contributed by atoms with E-state index in [-0.39, 0.29) is 23.3 Å². The van der Waals surface area contributed by atoms with Gasteiger partial charge in [-0.05, 0) is 29.5 Å². The van der Waals surface area contributed by atoms with Crippen molar-refractivity contribution in [3.8, 4) is 0 Å². The molecule has 6 nitrogen and oxygen atoms in total. The Morgan fingerprint density at radius 2 is 2.00 bits per heavy atom. The standard InChI is InChI=1S/C22H28N4O2/c1-22(2)15-26(12-10-19(22)23)21(28)18(13-16-7-4-3-5-8-16)25-20(27)17-9-6-11-24-14-17/h3-9,11,14,18-19H,10,12-13,15,23H2,1-2H3,(H,25,27). The van der Waals surface area contributed by atoms with E-state index in [0.29, 0.717) is 25.1 Å². The molecule has 0 bridgehead atoms. The minimum atomic E-state index is -0.639. The Balaban J connectivity index is 1.79. The molecule has 1 aliphatic rings. The summed E-state index contributed by atoms with van der Waals surface area (Å²) in [6.07, 6.45) is 4.31. The number of amides is 2. The fraction of sp³-hybridized carbons (Fsp3) is 0.409. The minimum Gasteiger partial charge on any atom is -0.340 e. The summed E-state index contributed by atoms with van der Waals surface area (Å²) < 4.78 is 0. The number of rotatable bonds is 5. The number of hydrogen-bond acceptors (Lipinski definition) is 4. The summed E-state index contributed by atoms with van der Waals surface area (Å²) in [6.45, 7) is 5.35. The highest BCUT2D eigenvalue weighted by Gasteiger charge is 2.37. The highest BCUT2D eigenvalue weighted by Crippen LogP contribution is 2.28. The van der Waals surface area contributed by atoms with E-state index < -0.39 is 6.04 Å². The summed E-state index contributed by atoms with van der Waals surface area (Å²) in [5, 5.41) is 2.92. The molecule has 0 saturated carbocycles. The monoisotopic (exact) mass is 380 g/mol. The number of nitrogens with zero attached hydrogens (tertiary/aromatic N) is 2. The lowest BCUT2D eigenvalue weighted by atomic mass is 9.79. The molecular weight excluding hydrogens is 352 g/mol. The highest BCUT2D eigenvalue weighted by atomic mass is 16.2. The van der Waals surface area contributed by atoms with Crippen molar-refractivity contribution in [3.05, 3.63) is 66.0 Å². The first kappa shape index (κ1) is 20.0. The molecular formula is C22H28N4O2. The van der Waals surface area contributed by atoms with E-state index in [1.165, 1.54) is 6.20 Å². The molecule has 1 saturated heterocycles. The van der Waals surface area contributed by atoms with Gasteiger partial charge in [-0.2, -0.15) is 0 Å². The second-order valence-electron chi connectivity index (χ2n) is 8.10. The first-order chi connectivity index (χ1) is 13.4. The van der Waals surface area contributed by atoms with E-state index in [1.54, 1.807) is 18.3 Å². The number of benzene rings is 1. The van der Waals surface area contributed by atoms with Crippen LogP contribution in [0.25, 0.3) is 0 Å². The van der Waals surface area contributed by atoms with Crippen LogP contribution in [0.2, 0.25) is 0 Å². The zero-order valence-electron chi connectivity index (χ0n) is 16.5. The lowest BCUT2D eigenvalue weighted by Crippen LogP contribution is -2.58. The van der Waals surface area contributed by atoms with Gasteiger partial charge in [0, 0.05) is 37.9 Å². The zero-order valence-corrected chi connectivity index (χ0v) is 16.5. The number of carbonyl (C=O) groups is 2. The summed E-state index contributed by atoms with van der Waals surface area (Å²) in [7, 11) is 0. The van der Waals surface area contributed by atoms with Crippen LogP contribution < -0.4 is 11.1 Å². The highest BCUT2D eigenvalue weighted by molar-refractivity contribution is 5.97. The fourth-order valence-corrected chi connectivity index (χ4v) is 3.57. The van der Waals surface area contributed by atoms with Gasteiger partial charge >= 0.3 is 0 Å². The van der Waals surface area contributed by atoms with Crippen LogP contribution in [0.4, 0.5) is 0 Å². The normalized spacial score (nSPS) is 19.7. The minimum absolute atomic E-state index is 0.0640. The topological polar surface area (TPSA) is 88.3 Å². The molecule has 148 valence electrons. The molecule has 0 radical (unpaired) electrons. The first-order valence-corrected chi connectivity index (χ1v) is 9.66. The largest absolute Gasteiger partial charge is 0.340 e. The van der Waals surface area contributed by atoms with Crippen molar-refractivity contribution < 1.29 is 9.59 Å². The molecule has 0 aliphatic carbocycles. The molecule has 2 atom stereocenters. The Labute approximate surface area is 166 Å². The van der Waals surface area contributed by atoms with Gasteiger partial charge in [-0.1, -0.05) is 44.2 Å². The van der Waals surface area contributed by atoms with Crippen molar-refractivity contribution in [2.24, 2.45) is 11.1 Å². The Hall–Kier alpha value is -2.73. The molecule has 2 amide bonds. The Kier molecular flexibility index (Phi) is 6.09. The van der Waals surface area contributed by atoms with E-state index in [9.17, 15) is 9.59 Å². The van der Waals surface area contributed by atoms with Crippen molar-refractivity contribution in [1.82, 2.24) is 15.2 Å². The van der Waals surface area contributed by atoms with Gasteiger partial charge in [-0.25, -0.2) is 0 Å². The quantitative estimate of drug-likeness (QED) is 0.830. The molecule has 1 aliphatic heterocycles. The SMILES string of the molecule is CC1(C)CN(C(=O)C(Cc2ccccc2)NC(=O)c2cccnc2)CCC1N. The van der Waals surface area contributed by atoms with Crippen LogP contribution in [0.5, 0.6) is 0 Å². The number of aromatic nitrogens is 1. The van der Waals surface area contributed by atoms with Crippen LogP contribution in [-0.4, -0.2) is 46.9 Å². The first-order valence-electron chi connectivity index (χ1n) is 9.66. The predicted octanol–water partition coefficient (Wildman–Crippen LogP) is 2.01. The summed E-state index contributed by atoms with van der Waals surface area (Å²) in [5.74, 6) is -0.364. The molecule has 28 heavy (non-hydrogen) atoms. The van der Waals surface area contributed by atoms with Crippen LogP contribution in [0.1, 0.15) is 36.2 Å². The summed E-state index contributed by atoms with van der Waals surface area (Å²) in [5.41, 5.74) is 7.50. The average molecular weight is 380 g/mol. The van der Waals surface area contributed by atoms with E-state index in [2.05, 4.69) is 24.1 Å². The number of nitrogens with two attached hydrogens (primary N) is 1. The van der Waals surface area contributed by atoms with Gasteiger partial charge < -0.3 is 16.0 Å². The van der Waals surface area contributed by atoms with Gasteiger partial charge in [-0.15, -0.1) is 0 Å². The van der Waals surface area contributed by atoms with Crippen molar-refractivity contribution in [3.63, 3.8) is 0 Å². The number of pyridine rings is 1. The maximum Gasteiger partial charge on any atom is 0.253 e. The molecule has 1 fully saturated rings. The molecule has 2 unspecified atom stereocenters. The third-order valence-corrected chi connectivity index (χ3v) is 5.43. The van der Waals surface area contributed by atoms with E-state index in [4.69, 9.17) is 5.73 Å². The summed E-state index contributed by atoms with van der Waals surface area (Å²) >= 11 is 0. The van der Waals surface area contributed by atoms with Crippen molar-refractivity contribution >= 4 is 11.8 Å². The van der Waals surface area contributed by atoms with Gasteiger partial charge in [-0.3, -0.25) is 14.6 Å². The lowest BCUT2D eigenvalue weighted by molar-refractivity contribution is -0.136. The summed E-state index contributed by atoms with van der Waals surface area (Å²) in [6, 6.07) is 12.6. The number of likely N-dealkylation sites (tertiary alicyclic amines) is 1. The van der Waals surface area contributed by atoms with Gasteiger partial charge in [0.1, 0.15) is 6.04 Å². The predicted molar refractivity (Wildman–Crippen MR) is 109 cm³/mol. The number of carbonyl (C=O) groups excluding carboxylic acids is 2. The number of hydrogen-bond donors (Lipinski definition) is 2. The van der Waals surface area contributed by atoms with E-state index in [0.717, 1.165) is 12.0 Å². The molecule has 2 heterocycles. The zero-order chi connectivity index (χ0) is 20.1. The van der Waals surface area contributed by atoms with Crippen LogP contribution in [0, 0.1) is 5.41 Å². The lowest BCUT2D eigenvalue weighted by Gasteiger charge is -2.43. The smallest absolute Gasteiger partial charge is 0.253 e. The third kappa shape index (κ3) is 4.75. The molecule has 2 aromatic rings. The molecule has 6 heteroatoms. The van der Waals surface area contributed by atoms with E-state index >= 15 is 0 Å². The van der Waals surface area contributed by atoms with Crippen molar-refractivity contribution in [2.75, 3.05) is 13.1 Å². The second kappa shape index (κ2) is 8.52. The van der Waals surface area contributed by atoms with E-state index in [1.807, 2.05) is 35.2 Å². The van der Waals surface area contributed by atoms with Crippen LogP contribution in [0.3, 0.4) is 0 Å². The maximum atomic E-state index is 13.3. The Morgan fingerprint density at radius 3 is 2.64 bits per heavy atom. The van der Waals surface area contributed by atoms with Gasteiger partial charge in [0.05, 0.1) is 5.56 Å². The molecule has 0 spiro atoms. The Morgan fingerprint density at radius 1 is 1.25 bits per heavy atom. The number of nitrogens with one attached hydrogen (secondary N) is 1. The number of piperidine rings is 1. The van der Waals surface area contributed by atoms with Crippen LogP contribution >= 0.6 is 0 Å². The van der Waals surface area contributed by atoms with Gasteiger partial charge in [0.15, 0.2) is 0 Å². The second-order valence-corrected chi connectivity index (χ2v) is 8.10. The maximum absolute atomic E-state index is 13.3. The Bertz CT molecular complexity index is 808. The summed E-state index contributed by atoms with van der Waals surface area (Å²) in [4.78, 5) is 31.8. The van der Waals surface area contributed by atoms with Gasteiger partial charge in [0.2, 0.25) is 5.91 Å². The van der Waals surface area contributed by atoms with Crippen LogP contribution in [-0.2, 0) is 11.2 Å². The average Bonchev–Trinajstić information content (AvgIpc) is 2.70. The molecule has 1 aromatic carbocycles. The third-order valence-electron chi connectivity index (χ3n) is 5.43. The molecule has 3 rings (SSSR count). The fourth-order valence-electron chi connectivity index (χ4n) is 3.57.